The van der Waals surface area contributed by atoms with Gasteiger partial charge in [0, 0.05) is 32.2 Å². The van der Waals surface area contributed by atoms with E-state index < -0.39 is 6.29 Å². The zero-order valence-corrected chi connectivity index (χ0v) is 16.9. The monoisotopic (exact) mass is 367 g/mol. The van der Waals surface area contributed by atoms with Crippen molar-refractivity contribution in [3.05, 3.63) is 11.8 Å². The molecule has 0 spiro atoms. The molecule has 2 rings (SSSR count). The highest BCUT2D eigenvalue weighted by molar-refractivity contribution is 5.91. The van der Waals surface area contributed by atoms with Crippen LogP contribution in [0.3, 0.4) is 0 Å². The summed E-state index contributed by atoms with van der Waals surface area (Å²) in [5.74, 6) is 1.18. The van der Waals surface area contributed by atoms with Crippen LogP contribution in [-0.2, 0) is 14.3 Å². The Morgan fingerprint density at radius 1 is 1.35 bits per heavy atom. The first-order chi connectivity index (χ1) is 12.5. The third-order valence-corrected chi connectivity index (χ3v) is 5.88. The van der Waals surface area contributed by atoms with Gasteiger partial charge in [-0.25, -0.2) is 0 Å². The molecule has 0 unspecified atom stereocenters. The highest BCUT2D eigenvalue weighted by Crippen LogP contribution is 2.37. The maximum absolute atomic E-state index is 13.1. The topological polar surface area (TPSA) is 59.0 Å². The minimum absolute atomic E-state index is 0.0205. The molecule has 0 aromatic rings. The Morgan fingerprint density at radius 2 is 2.04 bits per heavy atom. The van der Waals surface area contributed by atoms with E-state index in [4.69, 9.17) is 9.47 Å². The molecule has 1 heterocycles. The third-order valence-electron chi connectivity index (χ3n) is 5.88. The number of carbonyl (C=O) groups is 1. The first kappa shape index (κ1) is 21.2. The molecule has 1 amide bonds. The van der Waals surface area contributed by atoms with Gasteiger partial charge in [-0.3, -0.25) is 4.79 Å². The molecular formula is C21H37NO4. The maximum atomic E-state index is 13.1. The summed E-state index contributed by atoms with van der Waals surface area (Å²) in [7, 11) is 1.90. The van der Waals surface area contributed by atoms with Crippen molar-refractivity contribution >= 4 is 5.91 Å². The normalized spacial score (nSPS) is 27.2. The number of aliphatic hydroxyl groups excluding tert-OH is 1. The first-order valence-electron chi connectivity index (χ1n) is 10.4. The zero-order chi connectivity index (χ0) is 19.1. The lowest BCUT2D eigenvalue weighted by Gasteiger charge is -2.40. The molecule has 0 radical (unpaired) electrons. The summed E-state index contributed by atoms with van der Waals surface area (Å²) in [5, 5.41) is 9.24. The lowest BCUT2D eigenvalue weighted by Crippen LogP contribution is -2.44. The highest BCUT2D eigenvalue weighted by Gasteiger charge is 2.39. The van der Waals surface area contributed by atoms with Crippen LogP contribution < -0.4 is 0 Å². The Balaban J connectivity index is 2.18. The van der Waals surface area contributed by atoms with Gasteiger partial charge in [0.15, 0.2) is 5.76 Å². The van der Waals surface area contributed by atoms with Crippen LogP contribution >= 0.6 is 0 Å². The Bertz CT molecular complexity index is 471. The van der Waals surface area contributed by atoms with Crippen LogP contribution in [-0.4, -0.2) is 48.5 Å². The van der Waals surface area contributed by atoms with Crippen LogP contribution in [0.5, 0.6) is 0 Å². The van der Waals surface area contributed by atoms with E-state index in [0.29, 0.717) is 24.3 Å². The number of rotatable bonds is 8. The summed E-state index contributed by atoms with van der Waals surface area (Å²) in [6.07, 6.45) is 8.98. The van der Waals surface area contributed by atoms with Gasteiger partial charge >= 0.3 is 0 Å². The summed E-state index contributed by atoms with van der Waals surface area (Å²) in [5.41, 5.74) is 0. The SMILES string of the molecule is CCO[C@H]1OC(C(=O)N(C)C2CCCCC2)=C[C@@H](C(C)C)[C@@H]1CCCO. The van der Waals surface area contributed by atoms with Gasteiger partial charge in [-0.15, -0.1) is 0 Å². The van der Waals surface area contributed by atoms with Crippen molar-refractivity contribution in [2.75, 3.05) is 20.3 Å². The van der Waals surface area contributed by atoms with Gasteiger partial charge in [0.1, 0.15) is 0 Å². The van der Waals surface area contributed by atoms with Crippen molar-refractivity contribution in [3.63, 3.8) is 0 Å². The van der Waals surface area contributed by atoms with E-state index >= 15 is 0 Å². The molecule has 3 atom stereocenters. The number of aliphatic hydroxyl groups is 1. The molecule has 1 aliphatic carbocycles. The quantitative estimate of drug-likeness (QED) is 0.710. The molecule has 5 heteroatoms. The molecule has 0 bridgehead atoms. The average molecular weight is 368 g/mol. The van der Waals surface area contributed by atoms with Gasteiger partial charge < -0.3 is 19.5 Å². The van der Waals surface area contributed by atoms with Crippen LogP contribution in [0.1, 0.15) is 65.7 Å². The van der Waals surface area contributed by atoms with E-state index in [9.17, 15) is 9.90 Å². The lowest BCUT2D eigenvalue weighted by molar-refractivity contribution is -0.178. The van der Waals surface area contributed by atoms with E-state index in [1.807, 2.05) is 24.9 Å². The molecule has 1 saturated carbocycles. The number of ether oxygens (including phenoxy) is 2. The molecule has 1 fully saturated rings. The second-order valence-corrected chi connectivity index (χ2v) is 8.03. The van der Waals surface area contributed by atoms with Gasteiger partial charge in [-0.05, 0) is 50.5 Å². The average Bonchev–Trinajstić information content (AvgIpc) is 2.66. The zero-order valence-electron chi connectivity index (χ0n) is 16.9. The summed E-state index contributed by atoms with van der Waals surface area (Å²) < 4.78 is 11.9. The number of nitrogens with zero attached hydrogens (tertiary/aromatic N) is 1. The van der Waals surface area contributed by atoms with Crippen molar-refractivity contribution in [2.24, 2.45) is 17.8 Å². The second-order valence-electron chi connectivity index (χ2n) is 8.03. The molecule has 0 aromatic carbocycles. The van der Waals surface area contributed by atoms with E-state index in [-0.39, 0.29) is 24.3 Å². The van der Waals surface area contributed by atoms with Crippen molar-refractivity contribution in [1.82, 2.24) is 4.90 Å². The molecule has 5 nitrogen and oxygen atoms in total. The van der Waals surface area contributed by atoms with E-state index in [1.165, 1.54) is 19.3 Å². The van der Waals surface area contributed by atoms with Crippen LogP contribution in [0, 0.1) is 17.8 Å². The summed E-state index contributed by atoms with van der Waals surface area (Å²) in [6, 6.07) is 0.316. The number of carbonyl (C=O) groups excluding carboxylic acids is 1. The largest absolute Gasteiger partial charge is 0.459 e. The Hall–Kier alpha value is -1.07. The van der Waals surface area contributed by atoms with Gasteiger partial charge in [-0.2, -0.15) is 0 Å². The Labute approximate surface area is 158 Å². The van der Waals surface area contributed by atoms with Crippen molar-refractivity contribution in [1.29, 1.82) is 0 Å². The molecule has 0 saturated heterocycles. The van der Waals surface area contributed by atoms with Gasteiger partial charge in [0.05, 0.1) is 0 Å². The van der Waals surface area contributed by atoms with Crippen molar-refractivity contribution in [3.8, 4) is 0 Å². The molecular weight excluding hydrogens is 330 g/mol. The lowest BCUT2D eigenvalue weighted by atomic mass is 9.78. The van der Waals surface area contributed by atoms with E-state index in [0.717, 1.165) is 25.7 Å². The smallest absolute Gasteiger partial charge is 0.288 e. The fourth-order valence-corrected chi connectivity index (χ4v) is 4.33. The minimum Gasteiger partial charge on any atom is -0.459 e. The predicted octanol–water partition coefficient (Wildman–Crippen LogP) is 3.72. The molecule has 1 aliphatic heterocycles. The molecule has 2 aliphatic rings. The van der Waals surface area contributed by atoms with Crippen LogP contribution in [0.25, 0.3) is 0 Å². The number of hydrogen-bond acceptors (Lipinski definition) is 4. The molecule has 150 valence electrons. The van der Waals surface area contributed by atoms with Crippen LogP contribution in [0.15, 0.2) is 11.8 Å². The third kappa shape index (κ3) is 5.23. The predicted molar refractivity (Wildman–Crippen MR) is 102 cm³/mol. The van der Waals surface area contributed by atoms with Gasteiger partial charge in [-0.1, -0.05) is 33.1 Å². The fourth-order valence-electron chi connectivity index (χ4n) is 4.33. The maximum Gasteiger partial charge on any atom is 0.288 e. The van der Waals surface area contributed by atoms with Crippen LogP contribution in [0.2, 0.25) is 0 Å². The number of likely N-dealkylation sites (N-methyl/N-ethyl adjacent to an activating group) is 1. The van der Waals surface area contributed by atoms with Crippen LogP contribution in [0.4, 0.5) is 0 Å². The van der Waals surface area contributed by atoms with Crippen molar-refractivity contribution < 1.29 is 19.4 Å². The first-order valence-corrected chi connectivity index (χ1v) is 10.4. The minimum atomic E-state index is -0.414. The van der Waals surface area contributed by atoms with Crippen molar-refractivity contribution in [2.45, 2.75) is 78.0 Å². The number of hydrogen-bond donors (Lipinski definition) is 1. The fraction of sp³-hybridized carbons (Fsp3) is 0.857. The Kier molecular flexibility index (Phi) is 8.42. The summed E-state index contributed by atoms with van der Waals surface area (Å²) in [6.45, 7) is 7.01. The molecule has 26 heavy (non-hydrogen) atoms. The summed E-state index contributed by atoms with van der Waals surface area (Å²) >= 11 is 0. The molecule has 1 N–H and O–H groups in total. The number of allylic oxidation sites excluding steroid dienone is 1. The van der Waals surface area contributed by atoms with E-state index in [2.05, 4.69) is 13.8 Å². The van der Waals surface area contributed by atoms with Gasteiger partial charge in [0.2, 0.25) is 6.29 Å². The highest BCUT2D eigenvalue weighted by atomic mass is 16.7. The number of amides is 1. The summed E-state index contributed by atoms with van der Waals surface area (Å²) in [4.78, 5) is 14.9. The second kappa shape index (κ2) is 10.3. The Morgan fingerprint density at radius 3 is 2.62 bits per heavy atom. The molecule has 0 aromatic heterocycles. The standard InChI is InChI=1S/C21H37NO4/c1-5-25-21-17(12-9-13-23)18(15(2)3)14-19(26-21)20(24)22(4)16-10-7-6-8-11-16/h14-18,21,23H,5-13H2,1-4H3/t17-,18-,21-/m0/s1. The van der Waals surface area contributed by atoms with E-state index in [1.54, 1.807) is 0 Å². The van der Waals surface area contributed by atoms with Gasteiger partial charge in [0.25, 0.3) is 5.91 Å².